The average Bonchev–Trinajstić information content (AvgIpc) is 2.78. The van der Waals surface area contributed by atoms with Crippen LogP contribution in [0.4, 0.5) is 10.5 Å². The van der Waals surface area contributed by atoms with Gasteiger partial charge in [-0.05, 0) is 40.7 Å². The smallest absolute Gasteiger partial charge is 0.412 e. The highest BCUT2D eigenvalue weighted by molar-refractivity contribution is 5.85. The molecule has 0 saturated heterocycles. The van der Waals surface area contributed by atoms with E-state index in [0.29, 0.717) is 18.8 Å². The summed E-state index contributed by atoms with van der Waals surface area (Å²) in [5.41, 5.74) is 2.92. The molecule has 130 valence electrons. The maximum Gasteiger partial charge on any atom is 0.412 e. The van der Waals surface area contributed by atoms with Crippen LogP contribution in [0.15, 0.2) is 23.0 Å². The maximum absolute atomic E-state index is 11.9. The predicted octanol–water partition coefficient (Wildman–Crippen LogP) is 3.32. The van der Waals surface area contributed by atoms with E-state index in [1.54, 1.807) is 18.5 Å². The lowest BCUT2D eigenvalue weighted by molar-refractivity contribution is 0.0635. The fourth-order valence-electron chi connectivity index (χ4n) is 2.18. The van der Waals surface area contributed by atoms with Crippen molar-refractivity contribution in [3.8, 4) is 0 Å². The molecule has 2 rings (SSSR count). The van der Waals surface area contributed by atoms with Crippen LogP contribution >= 0.6 is 0 Å². The molecule has 0 aromatic carbocycles. The van der Waals surface area contributed by atoms with Crippen molar-refractivity contribution in [2.24, 2.45) is 0 Å². The lowest BCUT2D eigenvalue weighted by Gasteiger charge is -2.20. The Hall–Kier alpha value is -2.41. The van der Waals surface area contributed by atoms with Gasteiger partial charge < -0.3 is 14.6 Å². The SMILES string of the molecule is Cc1noc(C)c1CNCc1cnccc1NC(=O)OC(C)(C)C. The molecule has 0 aliphatic heterocycles. The molecule has 7 heteroatoms. The number of pyridine rings is 1. The second-order valence-electron chi connectivity index (χ2n) is 6.57. The van der Waals surface area contributed by atoms with Crippen molar-refractivity contribution < 1.29 is 14.1 Å². The molecular formula is C17H24N4O3. The molecule has 0 spiro atoms. The Labute approximate surface area is 141 Å². The van der Waals surface area contributed by atoms with Gasteiger partial charge in [0.05, 0.1) is 11.4 Å². The standard InChI is InChI=1S/C17H24N4O3/c1-11-14(12(2)24-21-11)10-19-9-13-8-18-7-6-15(13)20-16(22)23-17(3,4)5/h6-8,19H,9-10H2,1-5H3,(H,18,20,22). The molecule has 7 nitrogen and oxygen atoms in total. The van der Waals surface area contributed by atoms with E-state index in [4.69, 9.17) is 9.26 Å². The summed E-state index contributed by atoms with van der Waals surface area (Å²) in [4.78, 5) is 16.1. The first-order valence-electron chi connectivity index (χ1n) is 7.81. The van der Waals surface area contributed by atoms with Gasteiger partial charge in [0.15, 0.2) is 0 Å². The molecule has 0 radical (unpaired) electrons. The topological polar surface area (TPSA) is 89.3 Å². The molecule has 1 amide bonds. The van der Waals surface area contributed by atoms with Gasteiger partial charge in [-0.2, -0.15) is 0 Å². The predicted molar refractivity (Wildman–Crippen MR) is 90.6 cm³/mol. The van der Waals surface area contributed by atoms with Gasteiger partial charge in [0.25, 0.3) is 0 Å². The molecule has 0 saturated carbocycles. The van der Waals surface area contributed by atoms with E-state index in [2.05, 4.69) is 20.8 Å². The van der Waals surface area contributed by atoms with Crippen molar-refractivity contribution in [3.63, 3.8) is 0 Å². The molecule has 0 fully saturated rings. The minimum Gasteiger partial charge on any atom is -0.444 e. The van der Waals surface area contributed by atoms with Crippen molar-refractivity contribution in [3.05, 3.63) is 41.0 Å². The Bertz CT molecular complexity index is 685. The monoisotopic (exact) mass is 332 g/mol. The molecule has 0 aliphatic carbocycles. The van der Waals surface area contributed by atoms with Gasteiger partial charge in [-0.15, -0.1) is 0 Å². The third kappa shape index (κ3) is 5.06. The van der Waals surface area contributed by atoms with E-state index in [1.807, 2.05) is 34.6 Å². The maximum atomic E-state index is 11.9. The second kappa shape index (κ2) is 7.44. The van der Waals surface area contributed by atoms with E-state index in [1.165, 1.54) is 0 Å². The number of nitrogens with zero attached hydrogens (tertiary/aromatic N) is 2. The largest absolute Gasteiger partial charge is 0.444 e. The van der Waals surface area contributed by atoms with Crippen LogP contribution in [0, 0.1) is 13.8 Å². The number of carbonyl (C=O) groups is 1. The van der Waals surface area contributed by atoms with E-state index in [9.17, 15) is 4.79 Å². The number of hydrogen-bond donors (Lipinski definition) is 2. The molecular weight excluding hydrogens is 308 g/mol. The lowest BCUT2D eigenvalue weighted by Crippen LogP contribution is -2.27. The van der Waals surface area contributed by atoms with Gasteiger partial charge >= 0.3 is 6.09 Å². The number of aryl methyl sites for hydroxylation is 2. The Morgan fingerprint density at radius 1 is 1.29 bits per heavy atom. The summed E-state index contributed by atoms with van der Waals surface area (Å²) in [6, 6.07) is 1.75. The van der Waals surface area contributed by atoms with E-state index in [-0.39, 0.29) is 0 Å². The van der Waals surface area contributed by atoms with E-state index in [0.717, 1.165) is 22.6 Å². The molecule has 24 heavy (non-hydrogen) atoms. The number of aromatic nitrogens is 2. The Morgan fingerprint density at radius 2 is 2.04 bits per heavy atom. The zero-order chi connectivity index (χ0) is 17.7. The lowest BCUT2D eigenvalue weighted by atomic mass is 10.2. The van der Waals surface area contributed by atoms with Crippen LogP contribution in [0.2, 0.25) is 0 Å². The van der Waals surface area contributed by atoms with Gasteiger partial charge in [0.1, 0.15) is 11.4 Å². The van der Waals surface area contributed by atoms with Crippen LogP contribution in [0.5, 0.6) is 0 Å². The minimum atomic E-state index is -0.543. The van der Waals surface area contributed by atoms with Crippen molar-refractivity contribution in [1.82, 2.24) is 15.5 Å². The fraction of sp³-hybridized carbons (Fsp3) is 0.471. The molecule has 0 atom stereocenters. The highest BCUT2D eigenvalue weighted by Gasteiger charge is 2.17. The Morgan fingerprint density at radius 3 is 2.67 bits per heavy atom. The third-order valence-corrected chi connectivity index (χ3v) is 3.34. The summed E-state index contributed by atoms with van der Waals surface area (Å²) >= 11 is 0. The Kier molecular flexibility index (Phi) is 5.56. The first-order valence-corrected chi connectivity index (χ1v) is 7.81. The average molecular weight is 332 g/mol. The second-order valence-corrected chi connectivity index (χ2v) is 6.57. The van der Waals surface area contributed by atoms with Crippen molar-refractivity contribution in [2.45, 2.75) is 53.3 Å². The summed E-state index contributed by atoms with van der Waals surface area (Å²) in [6.07, 6.45) is 2.86. The molecule has 0 unspecified atom stereocenters. The summed E-state index contributed by atoms with van der Waals surface area (Å²) in [5, 5.41) is 10.0. The minimum absolute atomic E-state index is 0.485. The van der Waals surface area contributed by atoms with E-state index < -0.39 is 11.7 Å². The van der Waals surface area contributed by atoms with Gasteiger partial charge in [0, 0.05) is 36.6 Å². The Balaban J connectivity index is 1.97. The fourth-order valence-corrected chi connectivity index (χ4v) is 2.18. The molecule has 0 aliphatic rings. The quantitative estimate of drug-likeness (QED) is 0.873. The van der Waals surface area contributed by atoms with Gasteiger partial charge in [-0.3, -0.25) is 10.3 Å². The van der Waals surface area contributed by atoms with Crippen LogP contribution in [-0.2, 0) is 17.8 Å². The van der Waals surface area contributed by atoms with Gasteiger partial charge in [-0.25, -0.2) is 4.79 Å². The summed E-state index contributed by atoms with van der Waals surface area (Å²) < 4.78 is 10.4. The zero-order valence-corrected chi connectivity index (χ0v) is 14.8. The van der Waals surface area contributed by atoms with Gasteiger partial charge in [-0.1, -0.05) is 5.16 Å². The molecule has 2 aromatic heterocycles. The summed E-state index contributed by atoms with van der Waals surface area (Å²) in [5.74, 6) is 0.804. The normalized spacial score (nSPS) is 11.4. The number of rotatable bonds is 5. The number of hydrogen-bond acceptors (Lipinski definition) is 6. The molecule has 0 bridgehead atoms. The number of ether oxygens (including phenoxy) is 1. The first kappa shape index (κ1) is 17.9. The molecule has 2 heterocycles. The van der Waals surface area contributed by atoms with Crippen LogP contribution in [0.25, 0.3) is 0 Å². The van der Waals surface area contributed by atoms with Crippen molar-refractivity contribution in [1.29, 1.82) is 0 Å². The number of anilines is 1. The third-order valence-electron chi connectivity index (χ3n) is 3.34. The van der Waals surface area contributed by atoms with Crippen LogP contribution in [-0.4, -0.2) is 21.8 Å². The van der Waals surface area contributed by atoms with E-state index >= 15 is 0 Å². The number of nitrogens with one attached hydrogen (secondary N) is 2. The van der Waals surface area contributed by atoms with Crippen molar-refractivity contribution in [2.75, 3.05) is 5.32 Å². The molecule has 2 aromatic rings. The van der Waals surface area contributed by atoms with Gasteiger partial charge in [0.2, 0.25) is 0 Å². The highest BCUT2D eigenvalue weighted by Crippen LogP contribution is 2.17. The summed E-state index contributed by atoms with van der Waals surface area (Å²) in [7, 11) is 0. The number of amides is 1. The van der Waals surface area contributed by atoms with Crippen LogP contribution in [0.1, 0.15) is 43.4 Å². The zero-order valence-electron chi connectivity index (χ0n) is 14.8. The first-order chi connectivity index (χ1) is 11.3. The molecule has 2 N–H and O–H groups in total. The van der Waals surface area contributed by atoms with Crippen molar-refractivity contribution >= 4 is 11.8 Å². The van der Waals surface area contributed by atoms with Crippen LogP contribution in [0.3, 0.4) is 0 Å². The summed E-state index contributed by atoms with van der Waals surface area (Å²) in [6.45, 7) is 10.4. The van der Waals surface area contributed by atoms with Crippen LogP contribution < -0.4 is 10.6 Å². The highest BCUT2D eigenvalue weighted by atomic mass is 16.6. The number of carbonyl (C=O) groups excluding carboxylic acids is 1.